The van der Waals surface area contributed by atoms with Gasteiger partial charge in [0.15, 0.2) is 0 Å². The van der Waals surface area contributed by atoms with E-state index in [2.05, 4.69) is 15.9 Å². The number of hydrogen-bond donors (Lipinski definition) is 1. The highest BCUT2D eigenvalue weighted by Crippen LogP contribution is 2.55. The van der Waals surface area contributed by atoms with Crippen LogP contribution in [-0.4, -0.2) is 17.3 Å². The van der Waals surface area contributed by atoms with Gasteiger partial charge in [0.1, 0.15) is 11.9 Å². The van der Waals surface area contributed by atoms with Crippen molar-refractivity contribution in [1.82, 2.24) is 0 Å². The molecule has 2 atom stereocenters. The van der Waals surface area contributed by atoms with Crippen molar-refractivity contribution in [3.05, 3.63) is 27.7 Å². The van der Waals surface area contributed by atoms with E-state index in [4.69, 9.17) is 16.3 Å². The van der Waals surface area contributed by atoms with Gasteiger partial charge in [-0.25, -0.2) is 0 Å². The predicted octanol–water partition coefficient (Wildman–Crippen LogP) is 4.17. The largest absolute Gasteiger partial charge is 0.488 e. The third kappa shape index (κ3) is 1.97. The number of hydrogen-bond acceptors (Lipinski definition) is 2. The van der Waals surface area contributed by atoms with Crippen LogP contribution >= 0.6 is 27.5 Å². The Morgan fingerprint density at radius 1 is 1.33 bits per heavy atom. The first-order chi connectivity index (χ1) is 8.62. The quantitative estimate of drug-likeness (QED) is 0.881. The van der Waals surface area contributed by atoms with Crippen LogP contribution in [0.4, 0.5) is 0 Å². The van der Waals surface area contributed by atoms with Crippen molar-refractivity contribution in [1.29, 1.82) is 0 Å². The zero-order valence-electron chi connectivity index (χ0n) is 10.0. The summed E-state index contributed by atoms with van der Waals surface area (Å²) < 4.78 is 7.01. The highest BCUT2D eigenvalue weighted by atomic mass is 79.9. The second kappa shape index (κ2) is 4.69. The lowest BCUT2D eigenvalue weighted by Crippen LogP contribution is -2.58. The van der Waals surface area contributed by atoms with E-state index in [-0.39, 0.29) is 17.6 Å². The molecule has 2 aliphatic carbocycles. The molecule has 98 valence electrons. The molecular formula is C14H16BrClO2. The molecule has 1 spiro atoms. The maximum Gasteiger partial charge on any atom is 0.139 e. The first-order valence-corrected chi connectivity index (χ1v) is 7.59. The summed E-state index contributed by atoms with van der Waals surface area (Å²) >= 11 is 9.57. The number of halogens is 2. The van der Waals surface area contributed by atoms with Crippen LogP contribution in [0.25, 0.3) is 0 Å². The zero-order valence-corrected chi connectivity index (χ0v) is 12.4. The molecule has 1 aromatic rings. The van der Waals surface area contributed by atoms with Gasteiger partial charge in [0.25, 0.3) is 0 Å². The molecule has 1 N–H and O–H groups in total. The predicted molar refractivity (Wildman–Crippen MR) is 75.1 cm³/mol. The minimum Gasteiger partial charge on any atom is -0.488 e. The Labute approximate surface area is 120 Å². The van der Waals surface area contributed by atoms with Crippen LogP contribution in [0.3, 0.4) is 0 Å². The summed E-state index contributed by atoms with van der Waals surface area (Å²) in [6, 6.07) is 5.63. The van der Waals surface area contributed by atoms with E-state index in [1.54, 1.807) is 0 Å². The first kappa shape index (κ1) is 12.8. The summed E-state index contributed by atoms with van der Waals surface area (Å²) in [5, 5.41) is 10.7. The van der Waals surface area contributed by atoms with Gasteiger partial charge in [-0.1, -0.05) is 40.4 Å². The minimum absolute atomic E-state index is 0.00829. The van der Waals surface area contributed by atoms with Gasteiger partial charge in [0, 0.05) is 16.3 Å². The number of benzene rings is 1. The lowest BCUT2D eigenvalue weighted by Gasteiger charge is -2.51. The summed E-state index contributed by atoms with van der Waals surface area (Å²) in [5.41, 5.74) is -0.00829. The van der Waals surface area contributed by atoms with Gasteiger partial charge >= 0.3 is 0 Å². The second-order valence-electron chi connectivity index (χ2n) is 5.37. The monoisotopic (exact) mass is 330 g/mol. The molecule has 0 heterocycles. The first-order valence-electron chi connectivity index (χ1n) is 6.41. The molecule has 2 saturated carbocycles. The topological polar surface area (TPSA) is 29.5 Å². The molecule has 2 nitrogen and oxygen atoms in total. The van der Waals surface area contributed by atoms with Crippen LogP contribution in [0.2, 0.25) is 5.02 Å². The standard InChI is InChI=1S/C14H16BrClO2/c15-9-3-4-10(16)11(7-9)18-13-8-12(17)14(13)5-1-2-6-14/h3-4,7,12-13,17H,1-2,5-6,8H2. The molecule has 0 bridgehead atoms. The molecule has 0 saturated heterocycles. The summed E-state index contributed by atoms with van der Waals surface area (Å²) in [6.07, 6.45) is 5.18. The molecule has 1 aromatic carbocycles. The zero-order chi connectivity index (χ0) is 12.8. The highest BCUT2D eigenvalue weighted by Gasteiger charge is 2.57. The maximum absolute atomic E-state index is 10.0. The van der Waals surface area contributed by atoms with Crippen LogP contribution < -0.4 is 4.74 Å². The van der Waals surface area contributed by atoms with E-state index < -0.39 is 0 Å². The molecule has 2 unspecified atom stereocenters. The van der Waals surface area contributed by atoms with Crippen molar-refractivity contribution in [2.75, 3.05) is 0 Å². The number of rotatable bonds is 2. The van der Waals surface area contributed by atoms with Gasteiger partial charge in [-0.3, -0.25) is 0 Å². The third-order valence-electron chi connectivity index (χ3n) is 4.44. The van der Waals surface area contributed by atoms with E-state index in [0.717, 1.165) is 23.7 Å². The average Bonchev–Trinajstić information content (AvgIpc) is 2.85. The van der Waals surface area contributed by atoms with E-state index in [9.17, 15) is 5.11 Å². The molecule has 0 radical (unpaired) electrons. The Morgan fingerprint density at radius 2 is 2.06 bits per heavy atom. The van der Waals surface area contributed by atoms with E-state index in [1.807, 2.05) is 18.2 Å². The lowest BCUT2D eigenvalue weighted by atomic mass is 9.62. The van der Waals surface area contributed by atoms with Gasteiger partial charge in [-0.15, -0.1) is 0 Å². The molecule has 4 heteroatoms. The minimum atomic E-state index is -0.198. The fourth-order valence-corrected chi connectivity index (χ4v) is 3.80. The summed E-state index contributed by atoms with van der Waals surface area (Å²) in [4.78, 5) is 0. The highest BCUT2D eigenvalue weighted by molar-refractivity contribution is 9.10. The molecule has 2 aliphatic rings. The Kier molecular flexibility index (Phi) is 3.33. The van der Waals surface area contributed by atoms with Crippen molar-refractivity contribution in [2.24, 2.45) is 5.41 Å². The van der Waals surface area contributed by atoms with Crippen LogP contribution in [0.15, 0.2) is 22.7 Å². The van der Waals surface area contributed by atoms with Crippen molar-refractivity contribution < 1.29 is 9.84 Å². The molecule has 2 fully saturated rings. The molecular weight excluding hydrogens is 316 g/mol. The van der Waals surface area contributed by atoms with E-state index in [0.29, 0.717) is 10.8 Å². The molecule has 18 heavy (non-hydrogen) atoms. The van der Waals surface area contributed by atoms with Gasteiger partial charge in [0.2, 0.25) is 0 Å². The maximum atomic E-state index is 10.0. The van der Waals surface area contributed by atoms with Crippen LogP contribution in [0, 0.1) is 5.41 Å². The normalized spacial score (nSPS) is 29.3. The Hall–Kier alpha value is -0.250. The van der Waals surface area contributed by atoms with Crippen molar-refractivity contribution in [2.45, 2.75) is 44.3 Å². The molecule has 0 aromatic heterocycles. The van der Waals surface area contributed by atoms with Gasteiger partial charge < -0.3 is 9.84 Å². The van der Waals surface area contributed by atoms with Crippen LogP contribution in [0.1, 0.15) is 32.1 Å². The van der Waals surface area contributed by atoms with Gasteiger partial charge in [-0.05, 0) is 31.0 Å². The molecule has 3 rings (SSSR count). The summed E-state index contributed by atoms with van der Waals surface area (Å²) in [5.74, 6) is 0.717. The van der Waals surface area contributed by atoms with Crippen LogP contribution in [0.5, 0.6) is 5.75 Å². The lowest BCUT2D eigenvalue weighted by molar-refractivity contribution is -0.151. The van der Waals surface area contributed by atoms with Gasteiger partial charge in [-0.2, -0.15) is 0 Å². The van der Waals surface area contributed by atoms with Crippen LogP contribution in [-0.2, 0) is 0 Å². The average molecular weight is 332 g/mol. The Morgan fingerprint density at radius 3 is 2.72 bits per heavy atom. The Balaban J connectivity index is 1.79. The van der Waals surface area contributed by atoms with Crippen molar-refractivity contribution in [3.8, 4) is 5.75 Å². The third-order valence-corrected chi connectivity index (χ3v) is 5.24. The molecule has 0 aliphatic heterocycles. The fraction of sp³-hybridized carbons (Fsp3) is 0.571. The number of ether oxygens (including phenoxy) is 1. The number of aliphatic hydroxyl groups excluding tert-OH is 1. The summed E-state index contributed by atoms with van der Waals surface area (Å²) in [7, 11) is 0. The summed E-state index contributed by atoms with van der Waals surface area (Å²) in [6.45, 7) is 0. The second-order valence-corrected chi connectivity index (χ2v) is 6.70. The van der Waals surface area contributed by atoms with E-state index >= 15 is 0 Å². The SMILES string of the molecule is OC1CC(Oc2cc(Br)ccc2Cl)C12CCCC2. The Bertz CT molecular complexity index is 457. The van der Waals surface area contributed by atoms with E-state index in [1.165, 1.54) is 12.8 Å². The smallest absolute Gasteiger partial charge is 0.139 e. The molecule has 0 amide bonds. The van der Waals surface area contributed by atoms with Crippen molar-refractivity contribution in [3.63, 3.8) is 0 Å². The van der Waals surface area contributed by atoms with Gasteiger partial charge in [0.05, 0.1) is 11.1 Å². The fourth-order valence-electron chi connectivity index (χ4n) is 3.30. The number of aliphatic hydroxyl groups is 1. The van der Waals surface area contributed by atoms with Crippen molar-refractivity contribution >= 4 is 27.5 Å².